The third-order valence-corrected chi connectivity index (χ3v) is 6.00. The van der Waals surface area contributed by atoms with E-state index < -0.39 is 5.60 Å². The number of aliphatic hydroxyl groups is 1. The molecule has 6 nitrogen and oxygen atoms in total. The third kappa shape index (κ3) is 2.69. The van der Waals surface area contributed by atoms with Gasteiger partial charge in [-0.3, -0.25) is 4.79 Å². The molecule has 1 N–H and O–H groups in total. The lowest BCUT2D eigenvalue weighted by molar-refractivity contribution is 0.0501. The van der Waals surface area contributed by atoms with E-state index in [2.05, 4.69) is 10.3 Å². The fourth-order valence-electron chi connectivity index (χ4n) is 3.12. The summed E-state index contributed by atoms with van der Waals surface area (Å²) in [7, 11) is 0. The second-order valence-electron chi connectivity index (χ2n) is 7.18. The minimum absolute atomic E-state index is 0.0361. The van der Waals surface area contributed by atoms with Gasteiger partial charge in [-0.05, 0) is 38.5 Å². The first-order valence-electron chi connectivity index (χ1n) is 8.37. The third-order valence-electron chi connectivity index (χ3n) is 4.76. The smallest absolute Gasteiger partial charge is 0.264 e. The van der Waals surface area contributed by atoms with Crippen LogP contribution in [0.3, 0.4) is 0 Å². The molecule has 1 fully saturated rings. The first kappa shape index (κ1) is 17.1. The first-order chi connectivity index (χ1) is 12.3. The predicted octanol–water partition coefficient (Wildman–Crippen LogP) is 2.86. The molecule has 3 aromatic rings. The highest BCUT2D eigenvalue weighted by Crippen LogP contribution is 2.35. The van der Waals surface area contributed by atoms with Gasteiger partial charge in [-0.25, -0.2) is 9.07 Å². The lowest BCUT2D eigenvalue weighted by atomic mass is 10.1. The van der Waals surface area contributed by atoms with Crippen molar-refractivity contribution in [2.24, 2.45) is 0 Å². The Morgan fingerprint density at radius 3 is 2.73 bits per heavy atom. The quantitative estimate of drug-likeness (QED) is 0.765. The minimum Gasteiger partial charge on any atom is -0.384 e. The Hall–Kier alpha value is -2.32. The van der Waals surface area contributed by atoms with Crippen LogP contribution >= 0.6 is 11.3 Å². The molecule has 0 unspecified atom stereocenters. The molecule has 2 aromatic heterocycles. The van der Waals surface area contributed by atoms with Gasteiger partial charge in [0.2, 0.25) is 0 Å². The van der Waals surface area contributed by atoms with Crippen LogP contribution < -0.4 is 0 Å². The summed E-state index contributed by atoms with van der Waals surface area (Å²) in [6.07, 6.45) is 1.71. The highest BCUT2D eigenvalue weighted by atomic mass is 32.1. The Labute approximate surface area is 153 Å². The average Bonchev–Trinajstić information content (AvgIpc) is 3.11. The molecular weight excluding hydrogens is 355 g/mol. The van der Waals surface area contributed by atoms with Gasteiger partial charge in [-0.2, -0.15) is 0 Å². The van der Waals surface area contributed by atoms with Crippen LogP contribution in [0.25, 0.3) is 10.1 Å². The monoisotopic (exact) mass is 374 g/mol. The second kappa shape index (κ2) is 5.85. The van der Waals surface area contributed by atoms with Gasteiger partial charge in [0, 0.05) is 23.2 Å². The molecule has 1 aliphatic heterocycles. The summed E-state index contributed by atoms with van der Waals surface area (Å²) in [5, 5.41) is 18.6. The van der Waals surface area contributed by atoms with Gasteiger partial charge >= 0.3 is 0 Å². The molecule has 136 valence electrons. The summed E-state index contributed by atoms with van der Waals surface area (Å²) in [4.78, 5) is 15.1. The zero-order valence-electron chi connectivity index (χ0n) is 14.7. The van der Waals surface area contributed by atoms with Crippen molar-refractivity contribution in [2.45, 2.75) is 32.4 Å². The molecule has 1 aliphatic rings. The van der Waals surface area contributed by atoms with E-state index in [4.69, 9.17) is 0 Å². The summed E-state index contributed by atoms with van der Waals surface area (Å²) in [6.45, 7) is 6.13. The summed E-state index contributed by atoms with van der Waals surface area (Å²) in [5.74, 6) is -0.374. The van der Waals surface area contributed by atoms with Crippen LogP contribution in [0.1, 0.15) is 40.8 Å². The molecule has 26 heavy (non-hydrogen) atoms. The van der Waals surface area contributed by atoms with Crippen LogP contribution in [0, 0.1) is 12.7 Å². The van der Waals surface area contributed by atoms with E-state index in [1.54, 1.807) is 42.6 Å². The molecule has 4 rings (SSSR count). The van der Waals surface area contributed by atoms with E-state index in [1.165, 1.54) is 17.4 Å². The molecule has 0 spiro atoms. The van der Waals surface area contributed by atoms with E-state index >= 15 is 0 Å². The van der Waals surface area contributed by atoms with Crippen LogP contribution in [-0.2, 0) is 5.60 Å². The SMILES string of the molecule is Cc1c(C(=O)N2CC(n3cc(C(C)(C)O)nn3)C2)sc2cccc(F)c12. The van der Waals surface area contributed by atoms with Crippen molar-refractivity contribution in [3.63, 3.8) is 0 Å². The second-order valence-corrected chi connectivity index (χ2v) is 8.23. The van der Waals surface area contributed by atoms with Crippen molar-refractivity contribution < 1.29 is 14.3 Å². The van der Waals surface area contributed by atoms with Gasteiger partial charge < -0.3 is 10.0 Å². The molecule has 1 saturated heterocycles. The molecular formula is C18H19FN4O2S. The fourth-order valence-corrected chi connectivity index (χ4v) is 4.32. The molecule has 3 heterocycles. The normalized spacial score (nSPS) is 15.5. The molecule has 0 saturated carbocycles. The average molecular weight is 374 g/mol. The Bertz CT molecular complexity index is 998. The predicted molar refractivity (Wildman–Crippen MR) is 96.7 cm³/mol. The summed E-state index contributed by atoms with van der Waals surface area (Å²) in [5.41, 5.74) is 0.148. The van der Waals surface area contributed by atoms with Gasteiger partial charge in [0.1, 0.15) is 17.1 Å². The Kier molecular flexibility index (Phi) is 3.85. The maximum Gasteiger partial charge on any atom is 0.264 e. The number of halogens is 1. The first-order valence-corrected chi connectivity index (χ1v) is 9.19. The van der Waals surface area contributed by atoms with Crippen molar-refractivity contribution >= 4 is 27.3 Å². The maximum atomic E-state index is 14.0. The molecule has 1 amide bonds. The fraction of sp³-hybridized carbons (Fsp3) is 0.389. The number of carbonyl (C=O) groups is 1. The van der Waals surface area contributed by atoms with Crippen molar-refractivity contribution in [3.05, 3.63) is 46.3 Å². The number of fused-ring (bicyclic) bond motifs is 1. The van der Waals surface area contributed by atoms with Crippen LogP contribution in [0.5, 0.6) is 0 Å². The van der Waals surface area contributed by atoms with E-state index in [-0.39, 0.29) is 17.8 Å². The highest BCUT2D eigenvalue weighted by Gasteiger charge is 2.35. The van der Waals surface area contributed by atoms with Gasteiger partial charge in [0.05, 0.1) is 17.1 Å². The lowest BCUT2D eigenvalue weighted by Crippen LogP contribution is -2.50. The number of aromatic nitrogens is 3. The number of aryl methyl sites for hydroxylation is 1. The van der Waals surface area contributed by atoms with Crippen molar-refractivity contribution in [1.82, 2.24) is 19.9 Å². The molecule has 1 aromatic carbocycles. The van der Waals surface area contributed by atoms with E-state index in [0.717, 1.165) is 4.70 Å². The Morgan fingerprint density at radius 2 is 2.12 bits per heavy atom. The number of amides is 1. The number of thiophene rings is 1. The molecule has 0 radical (unpaired) electrons. The van der Waals surface area contributed by atoms with E-state index in [9.17, 15) is 14.3 Å². The van der Waals surface area contributed by atoms with Crippen LogP contribution in [0.15, 0.2) is 24.4 Å². The van der Waals surface area contributed by atoms with Gasteiger partial charge in [-0.1, -0.05) is 11.3 Å². The van der Waals surface area contributed by atoms with Gasteiger partial charge in [-0.15, -0.1) is 16.4 Å². The van der Waals surface area contributed by atoms with Crippen molar-refractivity contribution in [2.75, 3.05) is 13.1 Å². The van der Waals surface area contributed by atoms with Gasteiger partial charge in [0.15, 0.2) is 0 Å². The molecule has 0 bridgehead atoms. The van der Waals surface area contributed by atoms with Crippen LogP contribution in [0.2, 0.25) is 0 Å². The van der Waals surface area contributed by atoms with Crippen LogP contribution in [0.4, 0.5) is 4.39 Å². The Balaban J connectivity index is 1.51. The van der Waals surface area contributed by atoms with Crippen molar-refractivity contribution in [3.8, 4) is 0 Å². The summed E-state index contributed by atoms with van der Waals surface area (Å²) in [6, 6.07) is 4.95. The minimum atomic E-state index is -1.05. The number of hydrogen-bond acceptors (Lipinski definition) is 5. The summed E-state index contributed by atoms with van der Waals surface area (Å²) >= 11 is 1.33. The largest absolute Gasteiger partial charge is 0.384 e. The number of rotatable bonds is 3. The maximum absolute atomic E-state index is 14.0. The highest BCUT2D eigenvalue weighted by molar-refractivity contribution is 7.21. The number of likely N-dealkylation sites (tertiary alicyclic amines) is 1. The summed E-state index contributed by atoms with van der Waals surface area (Å²) < 4.78 is 16.5. The number of carbonyl (C=O) groups excluding carboxylic acids is 1. The van der Waals surface area contributed by atoms with E-state index in [1.807, 2.05) is 6.07 Å². The zero-order chi connectivity index (χ0) is 18.6. The number of hydrogen-bond donors (Lipinski definition) is 1. The molecule has 0 aliphatic carbocycles. The zero-order valence-corrected chi connectivity index (χ0v) is 15.5. The topological polar surface area (TPSA) is 71.2 Å². The van der Waals surface area contributed by atoms with Crippen LogP contribution in [-0.4, -0.2) is 44.0 Å². The standard InChI is InChI=1S/C18H19FN4O2S/c1-10-15-12(19)5-4-6-13(15)26-16(10)17(24)22-7-11(8-22)23-9-14(20-21-23)18(2,3)25/h4-6,9,11,25H,7-8H2,1-3H3. The number of benzene rings is 1. The molecule has 0 atom stereocenters. The van der Waals surface area contributed by atoms with Crippen molar-refractivity contribution in [1.29, 1.82) is 0 Å². The van der Waals surface area contributed by atoms with Gasteiger partial charge in [0.25, 0.3) is 5.91 Å². The molecule has 8 heteroatoms. The van der Waals surface area contributed by atoms with E-state index in [0.29, 0.717) is 34.6 Å². The number of nitrogens with zero attached hydrogens (tertiary/aromatic N) is 4. The lowest BCUT2D eigenvalue weighted by Gasteiger charge is -2.38. The Morgan fingerprint density at radius 1 is 1.38 bits per heavy atom.